The summed E-state index contributed by atoms with van der Waals surface area (Å²) in [6.45, 7) is -0.0255. The summed E-state index contributed by atoms with van der Waals surface area (Å²) in [5, 5.41) is 0. The molecule has 0 saturated carbocycles. The van der Waals surface area contributed by atoms with E-state index in [1.54, 1.807) is 6.20 Å². The number of aromatic nitrogens is 2. The Hall–Kier alpha value is -2.91. The molecule has 3 rings (SSSR count). The fourth-order valence-corrected chi connectivity index (χ4v) is 3.56. The first kappa shape index (κ1) is 18.9. The number of carbonyl (C=O) groups excluding carboxylic acids is 1. The molecule has 8 nitrogen and oxygen atoms in total. The van der Waals surface area contributed by atoms with Crippen molar-refractivity contribution < 1.29 is 22.7 Å². The first-order chi connectivity index (χ1) is 12.8. The maximum absolute atomic E-state index is 12.4. The van der Waals surface area contributed by atoms with Crippen molar-refractivity contribution in [2.24, 2.45) is 0 Å². The first-order valence-electron chi connectivity index (χ1n) is 8.03. The molecule has 0 saturated heterocycles. The van der Waals surface area contributed by atoms with Crippen LogP contribution in [0.1, 0.15) is 16.1 Å². The summed E-state index contributed by atoms with van der Waals surface area (Å²) in [4.78, 5) is 16.6. The molecule has 2 heterocycles. The highest BCUT2D eigenvalue weighted by Crippen LogP contribution is 2.27. The quantitative estimate of drug-likeness (QED) is 0.599. The van der Waals surface area contributed by atoms with Crippen LogP contribution in [0.4, 0.5) is 0 Å². The van der Waals surface area contributed by atoms with Gasteiger partial charge in [-0.2, -0.15) is 0 Å². The average molecular weight is 389 g/mol. The highest BCUT2D eigenvalue weighted by molar-refractivity contribution is 7.89. The average Bonchev–Trinajstić information content (AvgIpc) is 3.08. The smallest absolute Gasteiger partial charge is 0.338 e. The van der Waals surface area contributed by atoms with E-state index in [4.69, 9.17) is 9.47 Å². The topological polar surface area (TPSA) is 90.2 Å². The van der Waals surface area contributed by atoms with Crippen LogP contribution in [0, 0.1) is 0 Å². The van der Waals surface area contributed by atoms with Gasteiger partial charge in [0.25, 0.3) is 0 Å². The Bertz CT molecular complexity index is 1060. The van der Waals surface area contributed by atoms with Gasteiger partial charge in [-0.05, 0) is 30.3 Å². The number of nitrogens with zero attached hydrogens (tertiary/aromatic N) is 3. The SMILES string of the molecule is COc1ccc(C(=O)OCc2cn3ccccc3n2)cc1S(=O)(=O)N(C)C. The number of esters is 1. The number of fused-ring (bicyclic) bond motifs is 1. The van der Waals surface area contributed by atoms with Crippen molar-refractivity contribution in [3.8, 4) is 5.75 Å². The Kier molecular flexibility index (Phi) is 5.15. The zero-order valence-electron chi connectivity index (χ0n) is 15.1. The number of methoxy groups -OCH3 is 1. The van der Waals surface area contributed by atoms with Gasteiger partial charge in [-0.3, -0.25) is 0 Å². The lowest BCUT2D eigenvalue weighted by Gasteiger charge is -2.15. The third kappa shape index (κ3) is 3.79. The van der Waals surface area contributed by atoms with Crippen LogP contribution in [0.25, 0.3) is 5.65 Å². The number of carbonyl (C=O) groups is 1. The van der Waals surface area contributed by atoms with Crippen molar-refractivity contribution in [1.29, 1.82) is 0 Å². The molecule has 0 atom stereocenters. The summed E-state index contributed by atoms with van der Waals surface area (Å²) in [6, 6.07) is 9.71. The summed E-state index contributed by atoms with van der Waals surface area (Å²) < 4.78 is 38.2. The van der Waals surface area contributed by atoms with E-state index in [1.807, 2.05) is 28.8 Å². The number of benzene rings is 1. The molecule has 0 spiro atoms. The number of hydrogen-bond acceptors (Lipinski definition) is 6. The minimum atomic E-state index is -3.78. The Morgan fingerprint density at radius 3 is 2.67 bits per heavy atom. The maximum Gasteiger partial charge on any atom is 0.338 e. The number of pyridine rings is 1. The largest absolute Gasteiger partial charge is 0.495 e. The molecular formula is C18H19N3O5S. The second kappa shape index (κ2) is 7.37. The van der Waals surface area contributed by atoms with Crippen molar-refractivity contribution in [2.45, 2.75) is 11.5 Å². The Morgan fingerprint density at radius 1 is 1.22 bits per heavy atom. The molecule has 0 fully saturated rings. The molecule has 27 heavy (non-hydrogen) atoms. The third-order valence-electron chi connectivity index (χ3n) is 3.92. The van der Waals surface area contributed by atoms with Gasteiger partial charge in [0.05, 0.1) is 18.4 Å². The molecule has 9 heteroatoms. The second-order valence-electron chi connectivity index (χ2n) is 5.93. The third-order valence-corrected chi connectivity index (χ3v) is 5.76. The van der Waals surface area contributed by atoms with Gasteiger partial charge < -0.3 is 13.9 Å². The minimum Gasteiger partial charge on any atom is -0.495 e. The van der Waals surface area contributed by atoms with Crippen LogP contribution in [0.2, 0.25) is 0 Å². The Morgan fingerprint density at radius 2 is 2.00 bits per heavy atom. The molecule has 0 aliphatic carbocycles. The van der Waals surface area contributed by atoms with Crippen molar-refractivity contribution in [2.75, 3.05) is 21.2 Å². The first-order valence-corrected chi connectivity index (χ1v) is 9.47. The molecule has 3 aromatic rings. The van der Waals surface area contributed by atoms with Crippen LogP contribution in [-0.4, -0.2) is 49.3 Å². The summed E-state index contributed by atoms with van der Waals surface area (Å²) in [6.07, 6.45) is 3.61. The lowest BCUT2D eigenvalue weighted by molar-refractivity contribution is 0.0468. The van der Waals surface area contributed by atoms with E-state index in [1.165, 1.54) is 39.4 Å². The summed E-state index contributed by atoms with van der Waals surface area (Å²) in [5.74, 6) is -0.495. The maximum atomic E-state index is 12.4. The van der Waals surface area contributed by atoms with Gasteiger partial charge in [-0.15, -0.1) is 0 Å². The number of ether oxygens (including phenoxy) is 2. The van der Waals surface area contributed by atoms with E-state index in [-0.39, 0.29) is 22.8 Å². The van der Waals surface area contributed by atoms with Crippen molar-refractivity contribution in [3.05, 3.63) is 60.0 Å². The number of imidazole rings is 1. The van der Waals surface area contributed by atoms with Gasteiger partial charge in [-0.25, -0.2) is 22.5 Å². The Labute approximate surface area is 157 Å². The van der Waals surface area contributed by atoms with Crippen LogP contribution in [-0.2, 0) is 21.4 Å². The molecule has 1 aromatic carbocycles. The molecule has 2 aromatic heterocycles. The van der Waals surface area contributed by atoms with Crippen LogP contribution in [0.5, 0.6) is 5.75 Å². The summed E-state index contributed by atoms with van der Waals surface area (Å²) >= 11 is 0. The number of sulfonamides is 1. The van der Waals surface area contributed by atoms with Gasteiger partial charge in [0.2, 0.25) is 10.0 Å². The highest BCUT2D eigenvalue weighted by Gasteiger charge is 2.24. The van der Waals surface area contributed by atoms with Crippen molar-refractivity contribution in [1.82, 2.24) is 13.7 Å². The van der Waals surface area contributed by atoms with Crippen LogP contribution in [0.3, 0.4) is 0 Å². The van der Waals surface area contributed by atoms with E-state index in [9.17, 15) is 13.2 Å². The lowest BCUT2D eigenvalue weighted by Crippen LogP contribution is -2.23. The van der Waals surface area contributed by atoms with Crippen LogP contribution in [0.15, 0.2) is 53.7 Å². The molecular weight excluding hydrogens is 370 g/mol. The molecule has 0 amide bonds. The zero-order valence-corrected chi connectivity index (χ0v) is 15.9. The molecule has 142 valence electrons. The zero-order chi connectivity index (χ0) is 19.6. The minimum absolute atomic E-state index is 0.0255. The fraction of sp³-hybridized carbons (Fsp3) is 0.222. The van der Waals surface area contributed by atoms with Gasteiger partial charge in [0, 0.05) is 26.5 Å². The van der Waals surface area contributed by atoms with E-state index >= 15 is 0 Å². The molecule has 0 radical (unpaired) electrons. The fourth-order valence-electron chi connectivity index (χ4n) is 2.48. The molecule has 0 aliphatic heterocycles. The number of rotatable bonds is 6. The number of hydrogen-bond donors (Lipinski definition) is 0. The van der Waals surface area contributed by atoms with Gasteiger partial charge >= 0.3 is 5.97 Å². The van der Waals surface area contributed by atoms with Crippen LogP contribution >= 0.6 is 0 Å². The van der Waals surface area contributed by atoms with Gasteiger partial charge in [0.1, 0.15) is 22.9 Å². The van der Waals surface area contributed by atoms with Crippen LogP contribution < -0.4 is 4.74 Å². The van der Waals surface area contributed by atoms with E-state index < -0.39 is 16.0 Å². The lowest BCUT2D eigenvalue weighted by atomic mass is 10.2. The predicted molar refractivity (Wildman–Crippen MR) is 98.2 cm³/mol. The van der Waals surface area contributed by atoms with Crippen molar-refractivity contribution >= 4 is 21.6 Å². The summed E-state index contributed by atoms with van der Waals surface area (Å²) in [7, 11) is 0.403. The van der Waals surface area contributed by atoms with Gasteiger partial charge in [-0.1, -0.05) is 6.07 Å². The molecule has 0 bridgehead atoms. The molecule has 0 N–H and O–H groups in total. The van der Waals surface area contributed by atoms with E-state index in [0.717, 1.165) is 9.95 Å². The predicted octanol–water partition coefficient (Wildman–Crippen LogP) is 1.95. The monoisotopic (exact) mass is 389 g/mol. The molecule has 0 aliphatic rings. The van der Waals surface area contributed by atoms with E-state index in [2.05, 4.69) is 4.98 Å². The second-order valence-corrected chi connectivity index (χ2v) is 8.05. The normalized spacial score (nSPS) is 11.7. The highest BCUT2D eigenvalue weighted by atomic mass is 32.2. The molecule has 0 unspecified atom stereocenters. The van der Waals surface area contributed by atoms with Crippen molar-refractivity contribution in [3.63, 3.8) is 0 Å². The summed E-state index contributed by atoms with van der Waals surface area (Å²) in [5.41, 5.74) is 1.44. The van der Waals surface area contributed by atoms with E-state index in [0.29, 0.717) is 5.69 Å². The standard InChI is InChI=1S/C18H19N3O5S/c1-20(2)27(23,24)16-10-13(7-8-15(16)25-3)18(22)26-12-14-11-21-9-5-4-6-17(21)19-14/h4-11H,12H2,1-3H3. The Balaban J connectivity index is 1.82. The van der Waals surface area contributed by atoms with Gasteiger partial charge in [0.15, 0.2) is 0 Å².